The lowest BCUT2D eigenvalue weighted by atomic mass is 10.3. The minimum absolute atomic E-state index is 0.772. The molecule has 0 fully saturated rings. The summed E-state index contributed by atoms with van der Waals surface area (Å²) in [6.07, 6.45) is 2.03. The van der Waals surface area contributed by atoms with Crippen LogP contribution >= 0.6 is 11.3 Å². The predicted octanol–water partition coefficient (Wildman–Crippen LogP) is 3.85. The molecule has 0 radical (unpaired) electrons. The standard InChI is InChI=1S/C16H19N3S/c1-3-12-6-7-13(20-12)10-19-15-8-5-11(17)9-14(15)18-16(19)4-2/h5-9H,3-4,10,17H2,1-2H3. The Kier molecular flexibility index (Phi) is 3.49. The van der Waals surface area contributed by atoms with Gasteiger partial charge in [-0.25, -0.2) is 4.98 Å². The third-order valence-corrected chi connectivity index (χ3v) is 4.76. The third kappa shape index (κ3) is 2.31. The van der Waals surface area contributed by atoms with E-state index in [0.717, 1.165) is 36.4 Å². The summed E-state index contributed by atoms with van der Waals surface area (Å²) in [4.78, 5) is 7.52. The fourth-order valence-corrected chi connectivity index (χ4v) is 3.44. The van der Waals surface area contributed by atoms with Crippen LogP contribution < -0.4 is 5.73 Å². The smallest absolute Gasteiger partial charge is 0.109 e. The molecule has 2 aromatic heterocycles. The van der Waals surface area contributed by atoms with Gasteiger partial charge >= 0.3 is 0 Å². The molecule has 0 saturated heterocycles. The first-order valence-electron chi connectivity index (χ1n) is 7.03. The molecule has 20 heavy (non-hydrogen) atoms. The Morgan fingerprint density at radius 1 is 1.10 bits per heavy atom. The van der Waals surface area contributed by atoms with Gasteiger partial charge in [-0.15, -0.1) is 11.3 Å². The maximum absolute atomic E-state index is 5.85. The Bertz CT molecular complexity index is 739. The minimum atomic E-state index is 0.772. The molecule has 3 nitrogen and oxygen atoms in total. The second-order valence-electron chi connectivity index (χ2n) is 4.94. The molecule has 2 heterocycles. The summed E-state index contributed by atoms with van der Waals surface area (Å²) in [5.41, 5.74) is 8.79. The molecule has 0 aliphatic rings. The molecule has 0 amide bonds. The predicted molar refractivity (Wildman–Crippen MR) is 86.3 cm³/mol. The fourth-order valence-electron chi connectivity index (χ4n) is 2.50. The van der Waals surface area contributed by atoms with E-state index in [1.807, 2.05) is 23.5 Å². The van der Waals surface area contributed by atoms with E-state index in [4.69, 9.17) is 10.7 Å². The molecule has 0 bridgehead atoms. The molecule has 3 aromatic rings. The van der Waals surface area contributed by atoms with Crippen molar-refractivity contribution in [2.45, 2.75) is 33.2 Å². The summed E-state index contributed by atoms with van der Waals surface area (Å²) in [6.45, 7) is 5.24. The van der Waals surface area contributed by atoms with Gasteiger partial charge in [-0.3, -0.25) is 0 Å². The summed E-state index contributed by atoms with van der Waals surface area (Å²) in [5.74, 6) is 1.12. The van der Waals surface area contributed by atoms with Crippen molar-refractivity contribution in [3.05, 3.63) is 45.9 Å². The number of nitrogens with two attached hydrogens (primary N) is 1. The lowest BCUT2D eigenvalue weighted by Gasteiger charge is -2.06. The Morgan fingerprint density at radius 2 is 1.90 bits per heavy atom. The fraction of sp³-hybridized carbons (Fsp3) is 0.312. The van der Waals surface area contributed by atoms with Crippen LogP contribution in [0.15, 0.2) is 30.3 Å². The van der Waals surface area contributed by atoms with Crippen LogP contribution in [-0.2, 0) is 19.4 Å². The van der Waals surface area contributed by atoms with E-state index >= 15 is 0 Å². The van der Waals surface area contributed by atoms with Gasteiger partial charge in [-0.2, -0.15) is 0 Å². The van der Waals surface area contributed by atoms with Crippen molar-refractivity contribution in [2.75, 3.05) is 5.73 Å². The number of benzene rings is 1. The molecule has 0 aliphatic carbocycles. The lowest BCUT2D eigenvalue weighted by Crippen LogP contribution is -2.03. The van der Waals surface area contributed by atoms with Crippen molar-refractivity contribution in [3.63, 3.8) is 0 Å². The molecule has 0 atom stereocenters. The van der Waals surface area contributed by atoms with Gasteiger partial charge in [0.05, 0.1) is 17.6 Å². The molecule has 0 saturated carbocycles. The first-order chi connectivity index (χ1) is 9.71. The zero-order valence-corrected chi connectivity index (χ0v) is 12.7. The van der Waals surface area contributed by atoms with Crippen molar-refractivity contribution in [1.29, 1.82) is 0 Å². The molecule has 1 aromatic carbocycles. The minimum Gasteiger partial charge on any atom is -0.399 e. The second kappa shape index (κ2) is 5.29. The van der Waals surface area contributed by atoms with Crippen molar-refractivity contribution in [1.82, 2.24) is 9.55 Å². The lowest BCUT2D eigenvalue weighted by molar-refractivity contribution is 0.761. The number of thiophene rings is 1. The highest BCUT2D eigenvalue weighted by molar-refractivity contribution is 7.11. The molecule has 2 N–H and O–H groups in total. The second-order valence-corrected chi connectivity index (χ2v) is 6.19. The van der Waals surface area contributed by atoms with E-state index < -0.39 is 0 Å². The van der Waals surface area contributed by atoms with E-state index in [0.29, 0.717) is 0 Å². The van der Waals surface area contributed by atoms with Gasteiger partial charge in [0.15, 0.2) is 0 Å². The summed E-state index contributed by atoms with van der Waals surface area (Å²) in [5, 5.41) is 0. The van der Waals surface area contributed by atoms with Gasteiger partial charge < -0.3 is 10.3 Å². The van der Waals surface area contributed by atoms with Gasteiger partial charge in [0.1, 0.15) is 5.82 Å². The van der Waals surface area contributed by atoms with Crippen molar-refractivity contribution in [3.8, 4) is 0 Å². The Morgan fingerprint density at radius 3 is 2.60 bits per heavy atom. The maximum atomic E-state index is 5.85. The number of nitrogens with zero attached hydrogens (tertiary/aromatic N) is 2. The highest BCUT2D eigenvalue weighted by atomic mass is 32.1. The molecule has 3 rings (SSSR count). The van der Waals surface area contributed by atoms with Crippen LogP contribution in [0.3, 0.4) is 0 Å². The quantitative estimate of drug-likeness (QED) is 0.740. The average molecular weight is 285 g/mol. The molecule has 0 unspecified atom stereocenters. The Hall–Kier alpha value is -1.81. The number of rotatable bonds is 4. The van der Waals surface area contributed by atoms with E-state index in [1.165, 1.54) is 15.3 Å². The van der Waals surface area contributed by atoms with Crippen LogP contribution in [0, 0.1) is 0 Å². The van der Waals surface area contributed by atoms with Gasteiger partial charge in [-0.1, -0.05) is 13.8 Å². The summed E-state index contributed by atoms with van der Waals surface area (Å²) in [7, 11) is 0. The van der Waals surface area contributed by atoms with Crippen LogP contribution in [-0.4, -0.2) is 9.55 Å². The maximum Gasteiger partial charge on any atom is 0.109 e. The van der Waals surface area contributed by atoms with E-state index in [1.54, 1.807) is 0 Å². The number of nitrogen functional groups attached to an aromatic ring is 1. The first kappa shape index (κ1) is 13.2. The van der Waals surface area contributed by atoms with Crippen LogP contribution in [0.25, 0.3) is 11.0 Å². The molecular formula is C16H19N3S. The molecule has 0 spiro atoms. The van der Waals surface area contributed by atoms with E-state index in [9.17, 15) is 0 Å². The van der Waals surface area contributed by atoms with Gasteiger partial charge in [0.2, 0.25) is 0 Å². The largest absolute Gasteiger partial charge is 0.399 e. The third-order valence-electron chi connectivity index (χ3n) is 3.55. The Labute approximate surface area is 123 Å². The highest BCUT2D eigenvalue weighted by Gasteiger charge is 2.11. The van der Waals surface area contributed by atoms with E-state index in [2.05, 4.69) is 36.6 Å². The highest BCUT2D eigenvalue weighted by Crippen LogP contribution is 2.24. The number of hydrogen-bond donors (Lipinski definition) is 1. The van der Waals surface area contributed by atoms with Crippen LogP contribution in [0.2, 0.25) is 0 Å². The number of imidazole rings is 1. The summed E-state index contributed by atoms with van der Waals surface area (Å²) >= 11 is 1.89. The normalized spacial score (nSPS) is 11.3. The number of anilines is 1. The van der Waals surface area contributed by atoms with Gasteiger partial charge in [0, 0.05) is 21.9 Å². The average Bonchev–Trinajstić information content (AvgIpc) is 3.03. The number of aryl methyl sites for hydroxylation is 2. The molecular weight excluding hydrogens is 266 g/mol. The van der Waals surface area contributed by atoms with Gasteiger partial charge in [-0.05, 0) is 36.8 Å². The summed E-state index contributed by atoms with van der Waals surface area (Å²) < 4.78 is 2.31. The zero-order valence-electron chi connectivity index (χ0n) is 11.9. The SMILES string of the molecule is CCc1ccc(Cn2c(CC)nc3cc(N)ccc32)s1. The zero-order chi connectivity index (χ0) is 14.1. The molecule has 0 aliphatic heterocycles. The number of aromatic nitrogens is 2. The first-order valence-corrected chi connectivity index (χ1v) is 7.85. The van der Waals surface area contributed by atoms with Crippen LogP contribution in [0.5, 0.6) is 0 Å². The van der Waals surface area contributed by atoms with Crippen molar-refractivity contribution < 1.29 is 0 Å². The summed E-state index contributed by atoms with van der Waals surface area (Å²) in [6, 6.07) is 10.4. The number of fused-ring (bicyclic) bond motifs is 1. The monoisotopic (exact) mass is 285 g/mol. The van der Waals surface area contributed by atoms with E-state index in [-0.39, 0.29) is 0 Å². The molecule has 4 heteroatoms. The van der Waals surface area contributed by atoms with Crippen LogP contribution in [0.1, 0.15) is 29.4 Å². The van der Waals surface area contributed by atoms with Crippen molar-refractivity contribution >= 4 is 28.1 Å². The van der Waals surface area contributed by atoms with Crippen LogP contribution in [0.4, 0.5) is 5.69 Å². The number of hydrogen-bond acceptors (Lipinski definition) is 3. The Balaban J connectivity index is 2.04. The van der Waals surface area contributed by atoms with Gasteiger partial charge in [0.25, 0.3) is 0 Å². The topological polar surface area (TPSA) is 43.8 Å². The van der Waals surface area contributed by atoms with Crippen molar-refractivity contribution in [2.24, 2.45) is 0 Å². The molecule has 104 valence electrons.